The maximum absolute atomic E-state index is 12.2. The summed E-state index contributed by atoms with van der Waals surface area (Å²) in [6, 6.07) is 4.81. The fraction of sp³-hybridized carbons (Fsp3) is 0.667. The van der Waals surface area contributed by atoms with Crippen molar-refractivity contribution in [2.24, 2.45) is 5.92 Å². The number of rotatable bonds is 4. The first-order chi connectivity index (χ1) is 12.8. The molecule has 27 heavy (non-hydrogen) atoms. The molecule has 3 atom stereocenters. The first-order valence-corrected chi connectivity index (χ1v) is 10.1. The zero-order valence-electron chi connectivity index (χ0n) is 16.4. The third-order valence-corrected chi connectivity index (χ3v) is 5.70. The minimum absolute atomic E-state index is 0.143. The largest absolute Gasteiger partial charge is 0.444 e. The fourth-order valence-electron chi connectivity index (χ4n) is 4.41. The van der Waals surface area contributed by atoms with Gasteiger partial charge >= 0.3 is 6.09 Å². The number of alkyl carbamates (subject to hydrolysis) is 1. The molecule has 6 nitrogen and oxygen atoms in total. The number of piperidine rings is 1. The number of ether oxygens (including phenoxy) is 1. The molecule has 2 saturated heterocycles. The van der Waals surface area contributed by atoms with Gasteiger partial charge in [-0.2, -0.15) is 0 Å². The van der Waals surface area contributed by atoms with Crippen LogP contribution in [0.3, 0.4) is 0 Å². The summed E-state index contributed by atoms with van der Waals surface area (Å²) < 4.78 is 5.39. The summed E-state index contributed by atoms with van der Waals surface area (Å²) in [5, 5.41) is 3.04. The van der Waals surface area contributed by atoms with Gasteiger partial charge in [0.25, 0.3) is 0 Å². The van der Waals surface area contributed by atoms with E-state index in [2.05, 4.69) is 15.2 Å². The van der Waals surface area contributed by atoms with Gasteiger partial charge in [-0.3, -0.25) is 4.79 Å². The summed E-state index contributed by atoms with van der Waals surface area (Å²) >= 11 is 0. The van der Waals surface area contributed by atoms with Gasteiger partial charge in [0, 0.05) is 35.8 Å². The Labute approximate surface area is 160 Å². The molecule has 1 aromatic rings. The molecule has 4 rings (SSSR count). The van der Waals surface area contributed by atoms with Crippen molar-refractivity contribution in [1.29, 1.82) is 0 Å². The van der Waals surface area contributed by atoms with Crippen LogP contribution in [0.1, 0.15) is 69.7 Å². The van der Waals surface area contributed by atoms with Crippen molar-refractivity contribution in [3.8, 4) is 0 Å². The Bertz CT molecular complexity index is 707. The van der Waals surface area contributed by atoms with Crippen molar-refractivity contribution in [3.63, 3.8) is 0 Å². The number of ketones is 1. The molecule has 6 heteroatoms. The lowest BCUT2D eigenvalue weighted by Crippen LogP contribution is -2.51. The highest BCUT2D eigenvalue weighted by Crippen LogP contribution is 2.39. The predicted molar refractivity (Wildman–Crippen MR) is 103 cm³/mol. The Morgan fingerprint density at radius 3 is 2.30 bits per heavy atom. The molecule has 1 N–H and O–H groups in total. The summed E-state index contributed by atoms with van der Waals surface area (Å²) in [5.74, 6) is 1.41. The van der Waals surface area contributed by atoms with E-state index in [1.165, 1.54) is 0 Å². The molecule has 1 aromatic heterocycles. The van der Waals surface area contributed by atoms with E-state index < -0.39 is 5.60 Å². The number of carbonyl (C=O) groups excluding carboxylic acids is 2. The number of fused-ring (bicyclic) bond motifs is 2. The second kappa shape index (κ2) is 6.80. The average Bonchev–Trinajstić information content (AvgIpc) is 3.39. The van der Waals surface area contributed by atoms with E-state index in [1.807, 2.05) is 32.9 Å². The number of amides is 1. The second-order valence-electron chi connectivity index (χ2n) is 9.15. The maximum Gasteiger partial charge on any atom is 0.407 e. The highest BCUT2D eigenvalue weighted by Gasteiger charge is 2.42. The molecule has 0 aromatic carbocycles. The van der Waals surface area contributed by atoms with Gasteiger partial charge < -0.3 is 15.0 Å². The van der Waals surface area contributed by atoms with Gasteiger partial charge in [-0.15, -0.1) is 0 Å². The number of hydrogen-bond acceptors (Lipinski definition) is 5. The predicted octanol–water partition coefficient (Wildman–Crippen LogP) is 3.70. The minimum Gasteiger partial charge on any atom is -0.444 e. The molecule has 1 amide bonds. The topological polar surface area (TPSA) is 71.5 Å². The number of carbonyl (C=O) groups is 2. The molecule has 146 valence electrons. The third-order valence-electron chi connectivity index (χ3n) is 5.70. The van der Waals surface area contributed by atoms with E-state index in [9.17, 15) is 9.59 Å². The zero-order valence-corrected chi connectivity index (χ0v) is 16.4. The monoisotopic (exact) mass is 371 g/mol. The Morgan fingerprint density at radius 1 is 1.11 bits per heavy atom. The number of hydrogen-bond donors (Lipinski definition) is 1. The smallest absolute Gasteiger partial charge is 0.407 e. The van der Waals surface area contributed by atoms with Crippen molar-refractivity contribution >= 4 is 17.7 Å². The van der Waals surface area contributed by atoms with Gasteiger partial charge in [0.1, 0.15) is 11.4 Å². The van der Waals surface area contributed by atoms with Crippen LogP contribution < -0.4 is 10.2 Å². The number of Topliss-reactive ketones (excluding diaryl/α,β-unsaturated/α-hetero) is 1. The Morgan fingerprint density at radius 2 is 1.78 bits per heavy atom. The van der Waals surface area contributed by atoms with Crippen LogP contribution in [0.25, 0.3) is 0 Å². The van der Waals surface area contributed by atoms with Gasteiger partial charge in [-0.1, -0.05) is 0 Å². The molecule has 1 saturated carbocycles. The summed E-state index contributed by atoms with van der Waals surface area (Å²) in [6.07, 6.45) is 7.47. The molecule has 1 unspecified atom stereocenters. The van der Waals surface area contributed by atoms with Crippen LogP contribution in [0, 0.1) is 5.92 Å². The summed E-state index contributed by atoms with van der Waals surface area (Å²) in [7, 11) is 0. The van der Waals surface area contributed by atoms with Crippen molar-refractivity contribution < 1.29 is 14.3 Å². The quantitative estimate of drug-likeness (QED) is 0.817. The molecule has 0 spiro atoms. The highest BCUT2D eigenvalue weighted by atomic mass is 16.6. The lowest BCUT2D eigenvalue weighted by molar-refractivity contribution is 0.0492. The average molecular weight is 371 g/mol. The van der Waals surface area contributed by atoms with E-state index in [4.69, 9.17) is 4.74 Å². The third kappa shape index (κ3) is 4.09. The molecule has 1 aliphatic carbocycles. The summed E-state index contributed by atoms with van der Waals surface area (Å²) in [4.78, 5) is 31.2. The number of anilines is 1. The number of nitrogens with zero attached hydrogens (tertiary/aromatic N) is 2. The van der Waals surface area contributed by atoms with Gasteiger partial charge in [0.05, 0.1) is 0 Å². The van der Waals surface area contributed by atoms with Crippen molar-refractivity contribution in [2.45, 2.75) is 83.0 Å². The maximum atomic E-state index is 12.2. The Kier molecular flexibility index (Phi) is 4.60. The van der Waals surface area contributed by atoms with Crippen LogP contribution in [0.15, 0.2) is 18.3 Å². The molecule has 3 heterocycles. The second-order valence-corrected chi connectivity index (χ2v) is 9.15. The van der Waals surface area contributed by atoms with Crippen LogP contribution in [-0.4, -0.2) is 40.6 Å². The van der Waals surface area contributed by atoms with Gasteiger partial charge in [0.15, 0.2) is 5.78 Å². The van der Waals surface area contributed by atoms with Crippen molar-refractivity contribution in [2.75, 3.05) is 4.90 Å². The Hall–Kier alpha value is -2.11. The lowest BCUT2D eigenvalue weighted by Gasteiger charge is -2.40. The molecular weight excluding hydrogens is 342 g/mol. The lowest BCUT2D eigenvalue weighted by atomic mass is 9.97. The SMILES string of the molecule is CC(C)(C)OC(=O)NC1C[C@H]2CC[C@@H](C1)N2c1ccc(C(=O)C2CC2)cn1. The van der Waals surface area contributed by atoms with Crippen LogP contribution in [0.5, 0.6) is 0 Å². The van der Waals surface area contributed by atoms with E-state index in [0.29, 0.717) is 12.1 Å². The summed E-state index contributed by atoms with van der Waals surface area (Å²) in [5.41, 5.74) is 0.253. The molecular formula is C21H29N3O3. The fourth-order valence-corrected chi connectivity index (χ4v) is 4.41. The molecule has 2 bridgehead atoms. The van der Waals surface area contributed by atoms with Crippen LogP contribution in [0.2, 0.25) is 0 Å². The normalized spacial score (nSPS) is 27.4. The highest BCUT2D eigenvalue weighted by molar-refractivity contribution is 5.99. The molecule has 3 fully saturated rings. The van der Waals surface area contributed by atoms with E-state index >= 15 is 0 Å². The molecule has 3 aliphatic rings. The van der Waals surface area contributed by atoms with E-state index in [-0.39, 0.29) is 23.8 Å². The first-order valence-electron chi connectivity index (χ1n) is 10.1. The van der Waals surface area contributed by atoms with Crippen molar-refractivity contribution in [3.05, 3.63) is 23.9 Å². The van der Waals surface area contributed by atoms with Gasteiger partial charge in [0.2, 0.25) is 0 Å². The number of aromatic nitrogens is 1. The van der Waals surface area contributed by atoms with Crippen LogP contribution in [0.4, 0.5) is 10.6 Å². The minimum atomic E-state index is -0.479. The van der Waals surface area contributed by atoms with E-state index in [1.54, 1.807) is 6.20 Å². The van der Waals surface area contributed by atoms with Crippen LogP contribution in [-0.2, 0) is 4.74 Å². The van der Waals surface area contributed by atoms with Crippen molar-refractivity contribution in [1.82, 2.24) is 10.3 Å². The zero-order chi connectivity index (χ0) is 19.2. The molecule has 0 radical (unpaired) electrons. The van der Waals surface area contributed by atoms with Gasteiger partial charge in [-0.25, -0.2) is 9.78 Å². The summed E-state index contributed by atoms with van der Waals surface area (Å²) in [6.45, 7) is 5.63. The van der Waals surface area contributed by atoms with Gasteiger partial charge in [-0.05, 0) is 71.4 Å². The number of nitrogens with one attached hydrogen (secondary N) is 1. The Balaban J connectivity index is 1.39. The first kappa shape index (κ1) is 18.3. The van der Waals surface area contributed by atoms with E-state index in [0.717, 1.165) is 49.9 Å². The molecule has 2 aliphatic heterocycles. The number of pyridine rings is 1. The standard InChI is InChI=1S/C21H29N3O3/c1-21(2,3)27-20(26)23-15-10-16-7-8-17(11-15)24(16)18-9-6-14(12-22-18)19(25)13-4-5-13/h6,9,12-13,15-17H,4-5,7-8,10-11H2,1-3H3,(H,23,26)/t15?,16-,17+. The van der Waals surface area contributed by atoms with Crippen LogP contribution >= 0.6 is 0 Å².